The lowest BCUT2D eigenvalue weighted by Gasteiger charge is -2.11. The minimum atomic E-state index is -0.170. The fourth-order valence-electron chi connectivity index (χ4n) is 5.57. The molecule has 0 saturated carbocycles. The van der Waals surface area contributed by atoms with Crippen molar-refractivity contribution in [1.29, 1.82) is 0 Å². The van der Waals surface area contributed by atoms with Crippen LogP contribution in [0, 0.1) is 0 Å². The van der Waals surface area contributed by atoms with Gasteiger partial charge in [-0.25, -0.2) is 0 Å². The van der Waals surface area contributed by atoms with E-state index in [1.54, 1.807) is 30.3 Å². The normalized spacial score (nSPS) is 13.0. The number of nitrogens with zero attached hydrogens (tertiary/aromatic N) is 1. The molecular weight excluding hydrogens is 450 g/mol. The predicted octanol–water partition coefficient (Wildman–Crippen LogP) is 6.72. The molecule has 5 nitrogen and oxygen atoms in total. The van der Waals surface area contributed by atoms with Crippen LogP contribution in [0.3, 0.4) is 0 Å². The number of para-hydroxylation sites is 2. The summed E-state index contributed by atoms with van der Waals surface area (Å²) < 4.78 is 14.5. The maximum Gasteiger partial charge on any atom is 0.200 e. The van der Waals surface area contributed by atoms with E-state index in [1.165, 1.54) is 16.6 Å². The van der Waals surface area contributed by atoms with Crippen LogP contribution in [0.4, 0.5) is 0 Å². The molecule has 36 heavy (non-hydrogen) atoms. The van der Waals surface area contributed by atoms with Crippen molar-refractivity contribution < 1.29 is 8.83 Å². The highest BCUT2D eigenvalue weighted by Gasteiger charge is 2.20. The van der Waals surface area contributed by atoms with Gasteiger partial charge in [-0.15, -0.1) is 0 Å². The molecule has 170 valence electrons. The minimum absolute atomic E-state index is 0.162. The van der Waals surface area contributed by atoms with E-state index in [-0.39, 0.29) is 10.9 Å². The zero-order valence-corrected chi connectivity index (χ0v) is 18.9. The molecule has 0 radical (unpaired) electrons. The highest BCUT2D eigenvalue weighted by atomic mass is 16.3. The van der Waals surface area contributed by atoms with Gasteiger partial charge in [0.1, 0.15) is 22.3 Å². The summed E-state index contributed by atoms with van der Waals surface area (Å²) >= 11 is 0. The SMILES string of the molecule is O=c1c2ccccc2oc2cc3oc4cc(-n5c6c(c7ccccc75)C=CC6)ccc4c(=O)c3cc12. The number of rotatable bonds is 1. The van der Waals surface area contributed by atoms with E-state index >= 15 is 0 Å². The minimum Gasteiger partial charge on any atom is -0.456 e. The third-order valence-corrected chi connectivity index (χ3v) is 7.22. The van der Waals surface area contributed by atoms with Crippen molar-refractivity contribution in [2.45, 2.75) is 6.42 Å². The second-order valence-electron chi connectivity index (χ2n) is 9.20. The monoisotopic (exact) mass is 467 g/mol. The van der Waals surface area contributed by atoms with E-state index in [1.807, 2.05) is 30.3 Å². The molecule has 4 aromatic carbocycles. The molecule has 1 aliphatic rings. The van der Waals surface area contributed by atoms with Gasteiger partial charge >= 0.3 is 0 Å². The molecule has 0 aliphatic heterocycles. The Morgan fingerprint density at radius 1 is 0.611 bits per heavy atom. The lowest BCUT2D eigenvalue weighted by Crippen LogP contribution is -2.06. The number of aromatic nitrogens is 1. The average molecular weight is 467 g/mol. The molecule has 0 amide bonds. The number of fused-ring (bicyclic) bond motifs is 7. The summed E-state index contributed by atoms with van der Waals surface area (Å²) in [5.41, 5.74) is 5.95. The second kappa shape index (κ2) is 6.83. The molecule has 0 saturated heterocycles. The molecule has 0 unspecified atom stereocenters. The molecule has 3 heterocycles. The van der Waals surface area contributed by atoms with Crippen LogP contribution in [0.25, 0.3) is 66.5 Å². The van der Waals surface area contributed by atoms with Crippen LogP contribution in [0.1, 0.15) is 11.3 Å². The fourth-order valence-corrected chi connectivity index (χ4v) is 5.57. The average Bonchev–Trinajstić information content (AvgIpc) is 3.49. The number of hydrogen-bond acceptors (Lipinski definition) is 4. The van der Waals surface area contributed by atoms with Gasteiger partial charge in [-0.2, -0.15) is 0 Å². The zero-order chi connectivity index (χ0) is 24.0. The maximum atomic E-state index is 13.5. The molecule has 5 heteroatoms. The molecule has 0 N–H and O–H groups in total. The third-order valence-electron chi connectivity index (χ3n) is 7.22. The Bertz CT molecular complexity index is 2230. The first-order valence-corrected chi connectivity index (χ1v) is 11.8. The summed E-state index contributed by atoms with van der Waals surface area (Å²) in [4.78, 5) is 26.6. The Morgan fingerprint density at radius 3 is 2.11 bits per heavy atom. The highest BCUT2D eigenvalue weighted by molar-refractivity contribution is 6.00. The van der Waals surface area contributed by atoms with Gasteiger partial charge in [-0.1, -0.05) is 42.5 Å². The van der Waals surface area contributed by atoms with E-state index in [2.05, 4.69) is 34.9 Å². The smallest absolute Gasteiger partial charge is 0.200 e. The lowest BCUT2D eigenvalue weighted by atomic mass is 10.1. The number of hydrogen-bond donors (Lipinski definition) is 0. The zero-order valence-electron chi connectivity index (χ0n) is 18.9. The van der Waals surface area contributed by atoms with Crippen LogP contribution in [-0.4, -0.2) is 4.57 Å². The lowest BCUT2D eigenvalue weighted by molar-refractivity contribution is 0.646. The van der Waals surface area contributed by atoms with Gasteiger partial charge < -0.3 is 13.4 Å². The molecule has 3 aromatic heterocycles. The largest absolute Gasteiger partial charge is 0.456 e. The van der Waals surface area contributed by atoms with Crippen LogP contribution in [-0.2, 0) is 6.42 Å². The van der Waals surface area contributed by atoms with E-state index in [4.69, 9.17) is 8.83 Å². The molecule has 0 bridgehead atoms. The van der Waals surface area contributed by atoms with Crippen molar-refractivity contribution in [2.75, 3.05) is 0 Å². The second-order valence-corrected chi connectivity index (χ2v) is 9.20. The molecule has 1 aliphatic carbocycles. The van der Waals surface area contributed by atoms with Gasteiger partial charge in [0, 0.05) is 40.9 Å². The summed E-state index contributed by atoms with van der Waals surface area (Å²) in [5, 5.41) is 2.89. The number of allylic oxidation sites excluding steroid dienone is 1. The summed E-state index contributed by atoms with van der Waals surface area (Å²) in [6, 6.07) is 24.4. The molecule has 0 fully saturated rings. The van der Waals surface area contributed by atoms with Crippen molar-refractivity contribution >= 4 is 60.9 Å². The first kappa shape index (κ1) is 19.4. The van der Waals surface area contributed by atoms with Gasteiger partial charge in [0.2, 0.25) is 10.9 Å². The Balaban J connectivity index is 1.42. The van der Waals surface area contributed by atoms with Gasteiger partial charge in [-0.05, 0) is 36.4 Å². The van der Waals surface area contributed by atoms with Crippen LogP contribution < -0.4 is 10.9 Å². The highest BCUT2D eigenvalue weighted by Crippen LogP contribution is 2.35. The van der Waals surface area contributed by atoms with Crippen LogP contribution in [0.2, 0.25) is 0 Å². The van der Waals surface area contributed by atoms with Gasteiger partial charge in [0.25, 0.3) is 0 Å². The Kier molecular flexibility index (Phi) is 3.68. The maximum absolute atomic E-state index is 13.5. The van der Waals surface area contributed by atoms with Crippen molar-refractivity contribution in [1.82, 2.24) is 4.57 Å². The quantitative estimate of drug-likeness (QED) is 0.252. The van der Waals surface area contributed by atoms with E-state index in [9.17, 15) is 9.59 Å². The van der Waals surface area contributed by atoms with Crippen molar-refractivity contribution in [3.8, 4) is 5.69 Å². The Morgan fingerprint density at radius 2 is 1.28 bits per heavy atom. The van der Waals surface area contributed by atoms with Gasteiger partial charge in [-0.3, -0.25) is 9.59 Å². The molecular formula is C31H17NO4. The Hall–Kier alpha value is -4.90. The van der Waals surface area contributed by atoms with Gasteiger partial charge in [0.05, 0.1) is 27.1 Å². The predicted molar refractivity (Wildman–Crippen MR) is 143 cm³/mol. The third kappa shape index (κ3) is 2.49. The topological polar surface area (TPSA) is 65.3 Å². The van der Waals surface area contributed by atoms with Crippen LogP contribution in [0.15, 0.2) is 103 Å². The van der Waals surface area contributed by atoms with E-state index in [0.717, 1.165) is 17.6 Å². The Labute approximate surface area is 203 Å². The molecule has 8 rings (SSSR count). The summed E-state index contributed by atoms with van der Waals surface area (Å²) in [7, 11) is 0. The molecule has 0 spiro atoms. The van der Waals surface area contributed by atoms with Crippen molar-refractivity contribution in [3.63, 3.8) is 0 Å². The first-order chi connectivity index (χ1) is 17.7. The van der Waals surface area contributed by atoms with Crippen molar-refractivity contribution in [2.24, 2.45) is 0 Å². The first-order valence-electron chi connectivity index (χ1n) is 11.8. The summed E-state index contributed by atoms with van der Waals surface area (Å²) in [6.45, 7) is 0. The van der Waals surface area contributed by atoms with E-state index in [0.29, 0.717) is 43.9 Å². The van der Waals surface area contributed by atoms with Gasteiger partial charge in [0.15, 0.2) is 0 Å². The van der Waals surface area contributed by atoms with Crippen LogP contribution in [0.5, 0.6) is 0 Å². The van der Waals surface area contributed by atoms with Crippen LogP contribution >= 0.6 is 0 Å². The fraction of sp³-hybridized carbons (Fsp3) is 0.0323. The molecule has 7 aromatic rings. The summed E-state index contributed by atoms with van der Waals surface area (Å²) in [5.74, 6) is 0. The molecule has 0 atom stereocenters. The van der Waals surface area contributed by atoms with E-state index < -0.39 is 0 Å². The standard InChI is InChI=1S/C31H17NO4/c33-30-20-7-2-4-11-26(20)35-28-16-29-23(15-22(28)30)31(34)21-13-12-17(14-27(21)36-29)32-24-9-3-1-6-18(24)19-8-5-10-25(19)32/h1-9,11-16H,10H2. The summed E-state index contributed by atoms with van der Waals surface area (Å²) in [6.07, 6.45) is 5.19. The van der Waals surface area contributed by atoms with Crippen molar-refractivity contribution in [3.05, 3.63) is 117 Å². The number of benzene rings is 4.